The fourth-order valence-electron chi connectivity index (χ4n) is 1.88. The normalized spacial score (nSPS) is 13.1. The maximum absolute atomic E-state index is 12.9. The first-order chi connectivity index (χ1) is 7.49. The lowest BCUT2D eigenvalue weighted by molar-refractivity contribution is 0.544. The second-order valence-electron chi connectivity index (χ2n) is 4.84. The van der Waals surface area contributed by atoms with Crippen LogP contribution in [0, 0.1) is 18.7 Å². The van der Waals surface area contributed by atoms with E-state index in [0.29, 0.717) is 5.92 Å². The minimum atomic E-state index is -0.161. The smallest absolute Gasteiger partial charge is 0.123 e. The van der Waals surface area contributed by atoms with Crippen molar-refractivity contribution >= 4 is 11.6 Å². The molecule has 0 saturated carbocycles. The summed E-state index contributed by atoms with van der Waals surface area (Å²) < 4.78 is 12.9. The molecule has 0 fully saturated rings. The fraction of sp³-hybridized carbons (Fsp3) is 0.571. The van der Waals surface area contributed by atoms with Gasteiger partial charge in [-0.3, -0.25) is 0 Å². The molecule has 2 heteroatoms. The minimum Gasteiger partial charge on any atom is -0.207 e. The van der Waals surface area contributed by atoms with E-state index in [0.717, 1.165) is 24.8 Å². The van der Waals surface area contributed by atoms with E-state index in [1.807, 2.05) is 13.0 Å². The van der Waals surface area contributed by atoms with Crippen LogP contribution in [-0.2, 0) is 6.42 Å². The third kappa shape index (κ3) is 4.52. The van der Waals surface area contributed by atoms with Gasteiger partial charge in [0.15, 0.2) is 0 Å². The van der Waals surface area contributed by atoms with E-state index < -0.39 is 0 Å². The molecule has 0 aromatic heterocycles. The second-order valence-corrected chi connectivity index (χ2v) is 5.45. The van der Waals surface area contributed by atoms with Crippen LogP contribution in [0.1, 0.15) is 37.8 Å². The predicted octanol–water partition coefficient (Wildman–Crippen LogP) is 4.72. The minimum absolute atomic E-state index is 0.161. The Morgan fingerprint density at radius 1 is 1.31 bits per heavy atom. The lowest BCUT2D eigenvalue weighted by Crippen LogP contribution is -2.05. The highest BCUT2D eigenvalue weighted by atomic mass is 35.5. The molecule has 0 aliphatic heterocycles. The topological polar surface area (TPSA) is 0 Å². The van der Waals surface area contributed by atoms with Gasteiger partial charge >= 0.3 is 0 Å². The summed E-state index contributed by atoms with van der Waals surface area (Å²) >= 11 is 6.24. The van der Waals surface area contributed by atoms with Gasteiger partial charge in [-0.05, 0) is 55.4 Å². The number of aryl methyl sites for hydroxylation is 2. The monoisotopic (exact) mass is 242 g/mol. The van der Waals surface area contributed by atoms with Crippen LogP contribution in [0.25, 0.3) is 0 Å². The van der Waals surface area contributed by atoms with Crippen molar-refractivity contribution in [3.05, 3.63) is 35.1 Å². The summed E-state index contributed by atoms with van der Waals surface area (Å²) in [5.41, 5.74) is 2.23. The molecular formula is C14H20ClF. The van der Waals surface area contributed by atoms with Crippen molar-refractivity contribution in [1.82, 2.24) is 0 Å². The summed E-state index contributed by atoms with van der Waals surface area (Å²) in [5.74, 6) is 0.475. The van der Waals surface area contributed by atoms with Gasteiger partial charge in [0.05, 0.1) is 0 Å². The molecule has 0 bridgehead atoms. The van der Waals surface area contributed by atoms with Gasteiger partial charge in [-0.2, -0.15) is 0 Å². The Hall–Kier alpha value is -0.560. The highest BCUT2D eigenvalue weighted by molar-refractivity contribution is 6.20. The Kier molecular flexibility index (Phi) is 5.27. The molecule has 0 aliphatic rings. The van der Waals surface area contributed by atoms with Crippen molar-refractivity contribution in [2.24, 2.45) is 5.92 Å². The summed E-state index contributed by atoms with van der Waals surface area (Å²) in [7, 11) is 0. The molecule has 1 aromatic rings. The molecule has 0 aliphatic carbocycles. The number of rotatable bonds is 5. The lowest BCUT2D eigenvalue weighted by Gasteiger charge is -2.12. The van der Waals surface area contributed by atoms with Crippen molar-refractivity contribution in [3.8, 4) is 0 Å². The quantitative estimate of drug-likeness (QED) is 0.656. The van der Waals surface area contributed by atoms with Crippen LogP contribution in [0.2, 0.25) is 0 Å². The standard InChI is InChI=1S/C14H20ClF/c1-10(2)8-13(15)6-4-12-5-7-14(16)9-11(12)3/h5,7,9-10,13H,4,6,8H2,1-3H3. The summed E-state index contributed by atoms with van der Waals surface area (Å²) in [6.45, 7) is 6.31. The molecule has 1 rings (SSSR count). The van der Waals surface area contributed by atoms with Crippen LogP contribution in [0.15, 0.2) is 18.2 Å². The van der Waals surface area contributed by atoms with Crippen LogP contribution in [-0.4, -0.2) is 5.38 Å². The van der Waals surface area contributed by atoms with Crippen molar-refractivity contribution < 1.29 is 4.39 Å². The van der Waals surface area contributed by atoms with E-state index in [2.05, 4.69) is 13.8 Å². The Morgan fingerprint density at radius 2 is 2.00 bits per heavy atom. The molecule has 0 nitrogen and oxygen atoms in total. The Bertz CT molecular complexity index is 334. The van der Waals surface area contributed by atoms with Crippen LogP contribution < -0.4 is 0 Å². The van der Waals surface area contributed by atoms with Crippen LogP contribution in [0.5, 0.6) is 0 Å². The van der Waals surface area contributed by atoms with Gasteiger partial charge in [0, 0.05) is 5.38 Å². The number of halogens is 2. The Morgan fingerprint density at radius 3 is 2.56 bits per heavy atom. The third-order valence-corrected chi connectivity index (χ3v) is 3.16. The van der Waals surface area contributed by atoms with Gasteiger partial charge < -0.3 is 0 Å². The fourth-order valence-corrected chi connectivity index (χ4v) is 2.35. The number of alkyl halides is 1. The van der Waals surface area contributed by atoms with Gasteiger partial charge in [0.2, 0.25) is 0 Å². The molecule has 0 radical (unpaired) electrons. The van der Waals surface area contributed by atoms with Crippen molar-refractivity contribution in [2.45, 2.75) is 45.4 Å². The summed E-state index contributed by atoms with van der Waals surface area (Å²) in [6, 6.07) is 4.97. The van der Waals surface area contributed by atoms with E-state index in [4.69, 9.17) is 11.6 Å². The molecule has 0 amide bonds. The molecule has 1 unspecified atom stereocenters. The highest BCUT2D eigenvalue weighted by Crippen LogP contribution is 2.19. The van der Waals surface area contributed by atoms with E-state index in [1.54, 1.807) is 6.07 Å². The first-order valence-electron chi connectivity index (χ1n) is 5.88. The first-order valence-corrected chi connectivity index (χ1v) is 6.31. The van der Waals surface area contributed by atoms with Crippen molar-refractivity contribution in [2.75, 3.05) is 0 Å². The zero-order valence-corrected chi connectivity index (χ0v) is 11.0. The van der Waals surface area contributed by atoms with Gasteiger partial charge in [0.25, 0.3) is 0 Å². The van der Waals surface area contributed by atoms with Crippen molar-refractivity contribution in [3.63, 3.8) is 0 Å². The number of benzene rings is 1. The first kappa shape index (κ1) is 13.5. The third-order valence-electron chi connectivity index (χ3n) is 2.76. The molecule has 0 saturated heterocycles. The molecule has 16 heavy (non-hydrogen) atoms. The maximum Gasteiger partial charge on any atom is 0.123 e. The molecule has 0 spiro atoms. The average molecular weight is 243 g/mol. The highest BCUT2D eigenvalue weighted by Gasteiger charge is 2.08. The summed E-state index contributed by atoms with van der Waals surface area (Å²) in [4.78, 5) is 0. The molecule has 90 valence electrons. The van der Waals surface area contributed by atoms with Gasteiger partial charge in [-0.25, -0.2) is 4.39 Å². The number of hydrogen-bond acceptors (Lipinski definition) is 0. The Labute approximate surface area is 103 Å². The van der Waals surface area contributed by atoms with E-state index in [1.165, 1.54) is 11.6 Å². The zero-order valence-electron chi connectivity index (χ0n) is 10.3. The molecule has 0 N–H and O–H groups in total. The van der Waals surface area contributed by atoms with Gasteiger partial charge in [-0.1, -0.05) is 19.9 Å². The average Bonchev–Trinajstić information content (AvgIpc) is 2.15. The molecule has 0 heterocycles. The second kappa shape index (κ2) is 6.24. The summed E-state index contributed by atoms with van der Waals surface area (Å²) in [6.07, 6.45) is 2.95. The lowest BCUT2D eigenvalue weighted by atomic mass is 9.99. The van der Waals surface area contributed by atoms with E-state index in [-0.39, 0.29) is 11.2 Å². The molecule has 1 aromatic carbocycles. The maximum atomic E-state index is 12.9. The van der Waals surface area contributed by atoms with Crippen LogP contribution >= 0.6 is 11.6 Å². The number of hydrogen-bond donors (Lipinski definition) is 0. The Balaban J connectivity index is 2.48. The van der Waals surface area contributed by atoms with Gasteiger partial charge in [0.1, 0.15) is 5.82 Å². The molecule has 1 atom stereocenters. The van der Waals surface area contributed by atoms with Gasteiger partial charge in [-0.15, -0.1) is 11.6 Å². The van der Waals surface area contributed by atoms with E-state index in [9.17, 15) is 4.39 Å². The largest absolute Gasteiger partial charge is 0.207 e. The van der Waals surface area contributed by atoms with Crippen LogP contribution in [0.4, 0.5) is 4.39 Å². The molecular weight excluding hydrogens is 223 g/mol. The zero-order chi connectivity index (χ0) is 12.1. The predicted molar refractivity (Wildman–Crippen MR) is 68.6 cm³/mol. The SMILES string of the molecule is Cc1cc(F)ccc1CCC(Cl)CC(C)C. The van der Waals surface area contributed by atoms with E-state index >= 15 is 0 Å². The van der Waals surface area contributed by atoms with Crippen LogP contribution in [0.3, 0.4) is 0 Å². The summed E-state index contributed by atoms with van der Waals surface area (Å²) in [5, 5.41) is 0.226. The van der Waals surface area contributed by atoms with Crippen molar-refractivity contribution in [1.29, 1.82) is 0 Å².